The van der Waals surface area contributed by atoms with E-state index in [4.69, 9.17) is 15.3 Å². The van der Waals surface area contributed by atoms with E-state index < -0.39 is 18.1 Å². The second-order valence-electron chi connectivity index (χ2n) is 3.71. The molecule has 2 amide bonds. The average Bonchev–Trinajstić information content (AvgIpc) is 2.73. The Labute approximate surface area is 92.7 Å². The maximum Gasteiger partial charge on any atom is 0.334 e. The summed E-state index contributed by atoms with van der Waals surface area (Å²) in [7, 11) is 0. The molecule has 7 heteroatoms. The van der Waals surface area contributed by atoms with Crippen LogP contribution < -0.4 is 5.32 Å². The quantitative estimate of drug-likeness (QED) is 0.476. The number of carboxylic acid groups (broad SMARTS) is 1. The fourth-order valence-electron chi connectivity index (χ4n) is 1.67. The summed E-state index contributed by atoms with van der Waals surface area (Å²) in [5, 5.41) is 28.7. The van der Waals surface area contributed by atoms with Gasteiger partial charge in [-0.25, -0.2) is 9.59 Å². The van der Waals surface area contributed by atoms with Crippen molar-refractivity contribution in [3.63, 3.8) is 0 Å². The molecule has 0 aromatic heterocycles. The topological polar surface area (TPSA) is 110 Å². The van der Waals surface area contributed by atoms with Gasteiger partial charge in [0.2, 0.25) is 0 Å². The average molecular weight is 232 g/mol. The molecule has 1 saturated heterocycles. The van der Waals surface area contributed by atoms with Crippen LogP contribution in [-0.4, -0.2) is 64.1 Å². The van der Waals surface area contributed by atoms with Crippen LogP contribution in [0.15, 0.2) is 0 Å². The molecular formula is C9H16N2O5. The van der Waals surface area contributed by atoms with Gasteiger partial charge in [-0.3, -0.25) is 0 Å². The number of nitrogens with zero attached hydrogens (tertiary/aromatic N) is 1. The summed E-state index contributed by atoms with van der Waals surface area (Å²) >= 11 is 0. The molecule has 1 aliphatic rings. The first-order valence-electron chi connectivity index (χ1n) is 5.12. The highest BCUT2D eigenvalue weighted by Gasteiger charge is 2.28. The third kappa shape index (κ3) is 3.07. The first-order chi connectivity index (χ1) is 7.56. The van der Waals surface area contributed by atoms with Crippen molar-refractivity contribution >= 4 is 12.0 Å². The normalized spacial score (nSPS) is 21.9. The third-order valence-electron chi connectivity index (χ3n) is 2.58. The van der Waals surface area contributed by atoms with Crippen LogP contribution in [0.4, 0.5) is 4.79 Å². The van der Waals surface area contributed by atoms with Crippen LogP contribution >= 0.6 is 0 Å². The molecule has 92 valence electrons. The number of carbonyl (C=O) groups is 2. The highest BCUT2D eigenvalue weighted by atomic mass is 16.4. The minimum atomic E-state index is -1.60. The van der Waals surface area contributed by atoms with E-state index in [0.717, 1.165) is 12.8 Å². The van der Waals surface area contributed by atoms with Gasteiger partial charge < -0.3 is 25.5 Å². The fraction of sp³-hybridized carbons (Fsp3) is 0.778. The Bertz CT molecular complexity index is 271. The zero-order valence-electron chi connectivity index (χ0n) is 8.80. The molecule has 1 heterocycles. The van der Waals surface area contributed by atoms with Gasteiger partial charge in [0.15, 0.2) is 6.10 Å². The number of aliphatic carboxylic acids is 1. The lowest BCUT2D eigenvalue weighted by molar-refractivity contribution is -0.146. The number of rotatable bonds is 4. The van der Waals surface area contributed by atoms with Crippen LogP contribution in [0.1, 0.15) is 12.8 Å². The number of carbonyl (C=O) groups excluding carboxylic acids is 1. The Kier molecular flexibility index (Phi) is 4.51. The van der Waals surface area contributed by atoms with Crippen molar-refractivity contribution in [1.29, 1.82) is 0 Å². The predicted molar refractivity (Wildman–Crippen MR) is 53.9 cm³/mol. The van der Waals surface area contributed by atoms with Crippen LogP contribution in [0.25, 0.3) is 0 Å². The second kappa shape index (κ2) is 5.66. The maximum atomic E-state index is 11.5. The molecule has 0 aliphatic carbocycles. The number of aliphatic hydroxyl groups is 2. The van der Waals surface area contributed by atoms with Gasteiger partial charge >= 0.3 is 12.0 Å². The molecule has 7 nitrogen and oxygen atoms in total. The number of hydrogen-bond acceptors (Lipinski definition) is 4. The van der Waals surface area contributed by atoms with Gasteiger partial charge in [0.1, 0.15) is 0 Å². The number of carboxylic acids is 1. The van der Waals surface area contributed by atoms with Gasteiger partial charge in [0, 0.05) is 6.54 Å². The molecule has 2 atom stereocenters. The number of nitrogens with one attached hydrogen (secondary N) is 1. The van der Waals surface area contributed by atoms with E-state index in [1.165, 1.54) is 4.90 Å². The number of likely N-dealkylation sites (tertiary alicyclic amines) is 1. The van der Waals surface area contributed by atoms with Gasteiger partial charge in [0.05, 0.1) is 19.2 Å². The van der Waals surface area contributed by atoms with E-state index >= 15 is 0 Å². The van der Waals surface area contributed by atoms with Crippen LogP contribution in [0.3, 0.4) is 0 Å². The molecule has 16 heavy (non-hydrogen) atoms. The molecule has 0 saturated carbocycles. The lowest BCUT2D eigenvalue weighted by Crippen LogP contribution is -2.47. The number of hydrogen-bond donors (Lipinski definition) is 4. The van der Waals surface area contributed by atoms with Crippen molar-refractivity contribution in [2.75, 3.05) is 19.7 Å². The fourth-order valence-corrected chi connectivity index (χ4v) is 1.67. The van der Waals surface area contributed by atoms with Crippen LogP contribution in [0.2, 0.25) is 0 Å². The molecule has 0 aromatic rings. The van der Waals surface area contributed by atoms with Gasteiger partial charge in [-0.05, 0) is 12.8 Å². The molecule has 0 spiro atoms. The van der Waals surface area contributed by atoms with Crippen LogP contribution in [-0.2, 0) is 4.79 Å². The van der Waals surface area contributed by atoms with Crippen LogP contribution in [0.5, 0.6) is 0 Å². The first kappa shape index (κ1) is 12.7. The zero-order chi connectivity index (χ0) is 12.1. The molecule has 1 rings (SSSR count). The lowest BCUT2D eigenvalue weighted by atomic mass is 10.2. The highest BCUT2D eigenvalue weighted by molar-refractivity contribution is 5.77. The third-order valence-corrected chi connectivity index (χ3v) is 2.58. The van der Waals surface area contributed by atoms with Gasteiger partial charge in [0.25, 0.3) is 0 Å². The number of amides is 2. The van der Waals surface area contributed by atoms with E-state index in [0.29, 0.717) is 6.54 Å². The van der Waals surface area contributed by atoms with Crippen molar-refractivity contribution < 1.29 is 24.9 Å². The summed E-state index contributed by atoms with van der Waals surface area (Å²) < 4.78 is 0. The van der Waals surface area contributed by atoms with Crippen molar-refractivity contribution in [3.05, 3.63) is 0 Å². The molecule has 0 radical (unpaired) electrons. The number of aliphatic hydroxyl groups excluding tert-OH is 2. The van der Waals surface area contributed by atoms with E-state index in [9.17, 15) is 9.59 Å². The Morgan fingerprint density at radius 3 is 2.75 bits per heavy atom. The minimum Gasteiger partial charge on any atom is -0.479 e. The van der Waals surface area contributed by atoms with Crippen molar-refractivity contribution in [1.82, 2.24) is 10.2 Å². The summed E-state index contributed by atoms with van der Waals surface area (Å²) in [6.07, 6.45) is -0.0370. The molecule has 1 aliphatic heterocycles. The standard InChI is InChI=1S/C9H16N2O5/c12-5-6-2-1-3-11(6)9(16)10-4-7(13)8(14)15/h6-7,12-13H,1-5H2,(H,10,16)(H,14,15). The number of urea groups is 1. The minimum absolute atomic E-state index is 0.102. The molecule has 0 aromatic carbocycles. The Hall–Kier alpha value is -1.34. The molecular weight excluding hydrogens is 216 g/mol. The Balaban J connectivity index is 2.37. The molecule has 2 unspecified atom stereocenters. The summed E-state index contributed by atoms with van der Waals surface area (Å²) in [5.41, 5.74) is 0. The second-order valence-corrected chi connectivity index (χ2v) is 3.71. The smallest absolute Gasteiger partial charge is 0.334 e. The van der Waals surface area contributed by atoms with Crippen LogP contribution in [0, 0.1) is 0 Å². The molecule has 0 bridgehead atoms. The predicted octanol–water partition coefficient (Wildman–Crippen LogP) is -1.40. The highest BCUT2D eigenvalue weighted by Crippen LogP contribution is 2.16. The van der Waals surface area contributed by atoms with Gasteiger partial charge in [-0.15, -0.1) is 0 Å². The van der Waals surface area contributed by atoms with Crippen molar-refractivity contribution in [3.8, 4) is 0 Å². The monoisotopic (exact) mass is 232 g/mol. The van der Waals surface area contributed by atoms with Gasteiger partial charge in [-0.2, -0.15) is 0 Å². The Morgan fingerprint density at radius 2 is 2.19 bits per heavy atom. The lowest BCUT2D eigenvalue weighted by Gasteiger charge is -2.23. The first-order valence-corrected chi connectivity index (χ1v) is 5.12. The summed E-state index contributed by atoms with van der Waals surface area (Å²) in [6.45, 7) is 0.109. The maximum absolute atomic E-state index is 11.5. The van der Waals surface area contributed by atoms with E-state index in [1.54, 1.807) is 0 Å². The van der Waals surface area contributed by atoms with Crippen molar-refractivity contribution in [2.24, 2.45) is 0 Å². The van der Waals surface area contributed by atoms with E-state index in [1.807, 2.05) is 0 Å². The van der Waals surface area contributed by atoms with Gasteiger partial charge in [-0.1, -0.05) is 0 Å². The summed E-state index contributed by atoms with van der Waals surface area (Å²) in [4.78, 5) is 23.3. The largest absolute Gasteiger partial charge is 0.479 e. The van der Waals surface area contributed by atoms with E-state index in [-0.39, 0.29) is 19.2 Å². The SMILES string of the molecule is O=C(O)C(O)CNC(=O)N1CCCC1CO. The summed E-state index contributed by atoms with van der Waals surface area (Å²) in [5.74, 6) is -1.37. The Morgan fingerprint density at radius 1 is 1.50 bits per heavy atom. The molecule has 4 N–H and O–H groups in total. The molecule has 1 fully saturated rings. The van der Waals surface area contributed by atoms with E-state index in [2.05, 4.69) is 5.32 Å². The zero-order valence-corrected chi connectivity index (χ0v) is 8.80. The van der Waals surface area contributed by atoms with Crippen molar-refractivity contribution in [2.45, 2.75) is 25.0 Å². The summed E-state index contributed by atoms with van der Waals surface area (Å²) in [6, 6.07) is -0.654.